The summed E-state index contributed by atoms with van der Waals surface area (Å²) in [5.41, 5.74) is 0.735. The lowest BCUT2D eigenvalue weighted by atomic mass is 10.2. The maximum absolute atomic E-state index is 11.9. The molecule has 1 aromatic heterocycles. The van der Waals surface area contributed by atoms with Gasteiger partial charge in [-0.05, 0) is 12.3 Å². The lowest BCUT2D eigenvalue weighted by molar-refractivity contribution is -0.0469. The Morgan fingerprint density at radius 1 is 1.50 bits per heavy atom. The van der Waals surface area contributed by atoms with Crippen molar-refractivity contribution in [3.05, 3.63) is 16.1 Å². The molecule has 2 atom stereocenters. The zero-order chi connectivity index (χ0) is 11.1. The zero-order valence-corrected chi connectivity index (χ0v) is 9.83. The number of Topliss-reactive ketones (excluding diaryl/α,β-unsaturated/α-hetero) is 1. The molecule has 0 N–H and O–H groups in total. The summed E-state index contributed by atoms with van der Waals surface area (Å²) in [6.45, 7) is 3.30. The van der Waals surface area contributed by atoms with Crippen LogP contribution in [0.1, 0.15) is 35.1 Å². The molecule has 86 valence electrons. The van der Waals surface area contributed by atoms with Gasteiger partial charge in [0.15, 0.2) is 10.8 Å². The average Bonchev–Trinajstić information content (AvgIpc) is 2.82. The highest BCUT2D eigenvalue weighted by atomic mass is 32.1. The molecular formula is C11H13NO3S. The fourth-order valence-corrected chi connectivity index (χ4v) is 2.70. The Kier molecular flexibility index (Phi) is 2.53. The SMILES string of the molecule is CC1CC1C(=O)c1nc(C2OCCO2)cs1. The van der Waals surface area contributed by atoms with Crippen molar-refractivity contribution in [2.24, 2.45) is 11.8 Å². The predicted molar refractivity (Wildman–Crippen MR) is 58.4 cm³/mol. The number of hydrogen-bond donors (Lipinski definition) is 0. The number of hydrogen-bond acceptors (Lipinski definition) is 5. The van der Waals surface area contributed by atoms with Crippen molar-refractivity contribution in [3.8, 4) is 0 Å². The molecule has 3 rings (SSSR count). The van der Waals surface area contributed by atoms with Crippen molar-refractivity contribution in [1.29, 1.82) is 0 Å². The Morgan fingerprint density at radius 3 is 2.81 bits per heavy atom. The van der Waals surface area contributed by atoms with E-state index in [9.17, 15) is 4.79 Å². The highest BCUT2D eigenvalue weighted by Gasteiger charge is 2.40. The number of aromatic nitrogens is 1. The van der Waals surface area contributed by atoms with Gasteiger partial charge in [-0.25, -0.2) is 4.98 Å². The molecular weight excluding hydrogens is 226 g/mol. The standard InChI is InChI=1S/C11H13NO3S/c1-6-4-7(6)9(13)10-12-8(5-16-10)11-14-2-3-15-11/h5-7,11H,2-4H2,1H3. The minimum Gasteiger partial charge on any atom is -0.345 e. The van der Waals surface area contributed by atoms with Crippen LogP contribution in [0.3, 0.4) is 0 Å². The van der Waals surface area contributed by atoms with E-state index in [4.69, 9.17) is 9.47 Å². The molecule has 1 saturated carbocycles. The van der Waals surface area contributed by atoms with E-state index in [1.165, 1.54) is 11.3 Å². The molecule has 0 radical (unpaired) electrons. The number of rotatable bonds is 3. The molecule has 1 saturated heterocycles. The van der Waals surface area contributed by atoms with E-state index in [1.807, 2.05) is 5.38 Å². The normalized spacial score (nSPS) is 29.6. The van der Waals surface area contributed by atoms with E-state index in [0.717, 1.165) is 12.1 Å². The quantitative estimate of drug-likeness (QED) is 0.757. The summed E-state index contributed by atoms with van der Waals surface area (Å²) in [5, 5.41) is 2.46. The Bertz CT molecular complexity index is 411. The fraction of sp³-hybridized carbons (Fsp3) is 0.636. The van der Waals surface area contributed by atoms with Crippen LogP contribution in [0.15, 0.2) is 5.38 Å². The number of thiazole rings is 1. The van der Waals surface area contributed by atoms with Gasteiger partial charge in [0.2, 0.25) is 6.29 Å². The van der Waals surface area contributed by atoms with Crippen LogP contribution in [0.5, 0.6) is 0 Å². The van der Waals surface area contributed by atoms with Gasteiger partial charge in [0.25, 0.3) is 0 Å². The second-order valence-corrected chi connectivity index (χ2v) is 5.19. The Morgan fingerprint density at radius 2 is 2.19 bits per heavy atom. The minimum absolute atomic E-state index is 0.182. The molecule has 2 unspecified atom stereocenters. The molecule has 1 aliphatic heterocycles. The molecule has 0 spiro atoms. The van der Waals surface area contributed by atoms with Crippen LogP contribution in [0.25, 0.3) is 0 Å². The highest BCUT2D eigenvalue weighted by molar-refractivity contribution is 7.11. The van der Waals surface area contributed by atoms with Crippen molar-refractivity contribution in [2.75, 3.05) is 13.2 Å². The number of carbonyl (C=O) groups is 1. The lowest BCUT2D eigenvalue weighted by Gasteiger charge is -2.03. The maximum atomic E-state index is 11.9. The fourth-order valence-electron chi connectivity index (χ4n) is 1.88. The van der Waals surface area contributed by atoms with E-state index in [1.54, 1.807) is 0 Å². The van der Waals surface area contributed by atoms with Crippen LogP contribution < -0.4 is 0 Å². The first kappa shape index (κ1) is 10.4. The van der Waals surface area contributed by atoms with Crippen LogP contribution >= 0.6 is 11.3 Å². The number of nitrogens with zero attached hydrogens (tertiary/aromatic N) is 1. The van der Waals surface area contributed by atoms with Crippen molar-refractivity contribution < 1.29 is 14.3 Å². The van der Waals surface area contributed by atoms with Gasteiger partial charge in [0.1, 0.15) is 5.69 Å². The highest BCUT2D eigenvalue weighted by Crippen LogP contribution is 2.41. The first-order chi connectivity index (χ1) is 7.75. The first-order valence-electron chi connectivity index (χ1n) is 5.48. The van der Waals surface area contributed by atoms with Gasteiger partial charge in [-0.15, -0.1) is 11.3 Å². The second-order valence-electron chi connectivity index (χ2n) is 4.33. The Balaban J connectivity index is 1.74. The van der Waals surface area contributed by atoms with Crippen LogP contribution in [0.4, 0.5) is 0 Å². The molecule has 5 heteroatoms. The van der Waals surface area contributed by atoms with Crippen molar-refractivity contribution in [1.82, 2.24) is 4.98 Å². The summed E-state index contributed by atoms with van der Waals surface area (Å²) in [6.07, 6.45) is 0.638. The van der Waals surface area contributed by atoms with Gasteiger partial charge in [-0.2, -0.15) is 0 Å². The Hall–Kier alpha value is -0.780. The summed E-state index contributed by atoms with van der Waals surface area (Å²) in [7, 11) is 0. The molecule has 0 bridgehead atoms. The summed E-state index contributed by atoms with van der Waals surface area (Å²) in [4.78, 5) is 16.2. The number of ketones is 1. The smallest absolute Gasteiger partial charge is 0.202 e. The minimum atomic E-state index is -0.366. The molecule has 2 aliphatic rings. The van der Waals surface area contributed by atoms with E-state index in [-0.39, 0.29) is 18.0 Å². The van der Waals surface area contributed by atoms with Gasteiger partial charge < -0.3 is 9.47 Å². The van der Waals surface area contributed by atoms with E-state index >= 15 is 0 Å². The zero-order valence-electron chi connectivity index (χ0n) is 9.01. The van der Waals surface area contributed by atoms with Gasteiger partial charge in [0, 0.05) is 11.3 Å². The molecule has 0 aromatic carbocycles. The van der Waals surface area contributed by atoms with Gasteiger partial charge >= 0.3 is 0 Å². The molecule has 16 heavy (non-hydrogen) atoms. The topological polar surface area (TPSA) is 48.4 Å². The van der Waals surface area contributed by atoms with E-state index in [0.29, 0.717) is 24.1 Å². The molecule has 1 aromatic rings. The molecule has 1 aliphatic carbocycles. The first-order valence-corrected chi connectivity index (χ1v) is 6.36. The number of carbonyl (C=O) groups excluding carboxylic acids is 1. The third-order valence-electron chi connectivity index (χ3n) is 3.04. The number of ether oxygens (including phenoxy) is 2. The lowest BCUT2D eigenvalue weighted by Crippen LogP contribution is -2.04. The van der Waals surface area contributed by atoms with Crippen molar-refractivity contribution in [3.63, 3.8) is 0 Å². The summed E-state index contributed by atoms with van der Waals surface area (Å²) >= 11 is 1.39. The van der Waals surface area contributed by atoms with Crippen LogP contribution in [-0.2, 0) is 9.47 Å². The third kappa shape index (κ3) is 1.79. The van der Waals surface area contributed by atoms with Crippen LogP contribution in [0.2, 0.25) is 0 Å². The molecule has 2 heterocycles. The van der Waals surface area contributed by atoms with Crippen LogP contribution in [0, 0.1) is 11.8 Å². The predicted octanol–water partition coefficient (Wildman–Crippen LogP) is 2.03. The van der Waals surface area contributed by atoms with E-state index in [2.05, 4.69) is 11.9 Å². The van der Waals surface area contributed by atoms with E-state index < -0.39 is 0 Å². The van der Waals surface area contributed by atoms with Gasteiger partial charge in [0.05, 0.1) is 13.2 Å². The van der Waals surface area contributed by atoms with Crippen LogP contribution in [-0.4, -0.2) is 24.0 Å². The maximum Gasteiger partial charge on any atom is 0.202 e. The largest absolute Gasteiger partial charge is 0.345 e. The van der Waals surface area contributed by atoms with Gasteiger partial charge in [-0.1, -0.05) is 6.92 Å². The average molecular weight is 239 g/mol. The molecule has 2 fully saturated rings. The third-order valence-corrected chi connectivity index (χ3v) is 3.92. The van der Waals surface area contributed by atoms with Crippen molar-refractivity contribution in [2.45, 2.75) is 19.6 Å². The summed E-state index contributed by atoms with van der Waals surface area (Å²) in [5.74, 6) is 0.907. The van der Waals surface area contributed by atoms with Crippen molar-refractivity contribution >= 4 is 17.1 Å². The molecule has 0 amide bonds. The summed E-state index contributed by atoms with van der Waals surface area (Å²) < 4.78 is 10.7. The Labute approximate surface area is 97.6 Å². The second kappa shape index (κ2) is 3.91. The molecule has 4 nitrogen and oxygen atoms in total. The summed E-state index contributed by atoms with van der Waals surface area (Å²) in [6, 6.07) is 0. The monoisotopic (exact) mass is 239 g/mol. The van der Waals surface area contributed by atoms with Gasteiger partial charge in [-0.3, -0.25) is 4.79 Å².